The van der Waals surface area contributed by atoms with Crippen LogP contribution < -0.4 is 11.2 Å². The highest BCUT2D eigenvalue weighted by Crippen LogP contribution is 2.19. The smallest absolute Gasteiger partial charge is 0.268 e. The van der Waals surface area contributed by atoms with Crippen LogP contribution in [0.4, 0.5) is 0 Å². The second-order valence-corrected chi connectivity index (χ2v) is 10.6. The summed E-state index contributed by atoms with van der Waals surface area (Å²) in [6.07, 6.45) is 8.47. The molecule has 2 rings (SSSR count). The molecule has 1 fully saturated rings. The maximum absolute atomic E-state index is 13.7. The zero-order chi connectivity index (χ0) is 28.8. The number of hydrogen-bond acceptors (Lipinski definition) is 6. The number of benzene rings is 1. The molecule has 1 saturated heterocycles. The van der Waals surface area contributed by atoms with E-state index in [9.17, 15) is 14.4 Å². The van der Waals surface area contributed by atoms with Crippen LogP contribution in [0.5, 0.6) is 0 Å². The van der Waals surface area contributed by atoms with Crippen LogP contribution in [0.2, 0.25) is 0 Å². The predicted molar refractivity (Wildman–Crippen MR) is 152 cm³/mol. The summed E-state index contributed by atoms with van der Waals surface area (Å²) >= 11 is 0. The van der Waals surface area contributed by atoms with Crippen molar-refractivity contribution in [2.24, 2.45) is 11.7 Å². The quantitative estimate of drug-likeness (QED) is 0.283. The first-order valence-electron chi connectivity index (χ1n) is 13.9. The largest absolute Gasteiger partial charge is 0.350 e. The highest BCUT2D eigenvalue weighted by molar-refractivity contribution is 5.90. The van der Waals surface area contributed by atoms with Crippen molar-refractivity contribution in [3.05, 3.63) is 53.6 Å². The Morgan fingerprint density at radius 3 is 2.46 bits per heavy atom. The van der Waals surface area contributed by atoms with Gasteiger partial charge >= 0.3 is 0 Å². The number of carbonyl (C=O) groups excluding carboxylic acids is 3. The molecule has 216 valence electrons. The molecule has 3 amide bonds. The Morgan fingerprint density at radius 1 is 1.15 bits per heavy atom. The average molecular weight is 543 g/mol. The number of hydrazine groups is 1. The van der Waals surface area contributed by atoms with Crippen molar-refractivity contribution in [1.82, 2.24) is 15.5 Å². The fraction of sp³-hybridized carbons (Fsp3) is 0.567. The van der Waals surface area contributed by atoms with Gasteiger partial charge in [0, 0.05) is 19.4 Å². The fourth-order valence-corrected chi connectivity index (χ4v) is 4.00. The Labute approximate surface area is 233 Å². The summed E-state index contributed by atoms with van der Waals surface area (Å²) in [6.45, 7) is 10.1. The summed E-state index contributed by atoms with van der Waals surface area (Å²) < 4.78 is 5.58. The maximum Gasteiger partial charge on any atom is 0.268 e. The van der Waals surface area contributed by atoms with E-state index in [2.05, 4.69) is 5.48 Å². The molecular weight excluding hydrogens is 496 g/mol. The second-order valence-electron chi connectivity index (χ2n) is 10.6. The summed E-state index contributed by atoms with van der Waals surface area (Å²) in [7, 11) is 0. The fourth-order valence-electron chi connectivity index (χ4n) is 4.00. The Balaban J connectivity index is 2.45. The third-order valence-electron chi connectivity index (χ3n) is 6.26. The van der Waals surface area contributed by atoms with E-state index < -0.39 is 30.2 Å². The molecule has 9 nitrogen and oxygen atoms in total. The van der Waals surface area contributed by atoms with E-state index in [4.69, 9.17) is 15.3 Å². The number of nitrogens with two attached hydrogens (primary N) is 1. The number of rotatable bonds is 13. The van der Waals surface area contributed by atoms with Crippen LogP contribution in [-0.2, 0) is 24.0 Å². The van der Waals surface area contributed by atoms with Crippen molar-refractivity contribution in [3.63, 3.8) is 0 Å². The molecule has 3 N–H and O–H groups in total. The number of hydroxylamine groups is 1. The topological polar surface area (TPSA) is 114 Å². The molecule has 1 aromatic carbocycles. The van der Waals surface area contributed by atoms with Crippen LogP contribution in [0.3, 0.4) is 0 Å². The monoisotopic (exact) mass is 542 g/mol. The molecule has 0 saturated carbocycles. The minimum atomic E-state index is -1.05. The molecule has 1 aliphatic rings. The minimum Gasteiger partial charge on any atom is -0.350 e. The van der Waals surface area contributed by atoms with Gasteiger partial charge in [0.2, 0.25) is 5.91 Å². The van der Waals surface area contributed by atoms with Gasteiger partial charge < -0.3 is 10.5 Å². The van der Waals surface area contributed by atoms with Crippen molar-refractivity contribution in [1.29, 1.82) is 0 Å². The van der Waals surface area contributed by atoms with Crippen molar-refractivity contribution in [3.8, 4) is 0 Å². The van der Waals surface area contributed by atoms with E-state index >= 15 is 0 Å². The van der Waals surface area contributed by atoms with Crippen molar-refractivity contribution >= 4 is 23.8 Å². The zero-order valence-electron chi connectivity index (χ0n) is 24.1. The van der Waals surface area contributed by atoms with Gasteiger partial charge in [-0.05, 0) is 57.9 Å². The standard InChI is InChI=1S/C30H46N4O5/c1-22(2)17-18-27(35)34(33(20-19-23(3)4)30(37)24(5)31)26(15-11-14-25-12-7-6-8-13-25)29(36)32-39-28-16-9-10-21-38-28/h6-8,11-14,19,22,24,26,28H,9-10,15-18,20-21,31H2,1-5H3,(H,32,36)/t24-,26+,28?/m1/s1. The Kier molecular flexibility index (Phi) is 13.9. The van der Waals surface area contributed by atoms with Crippen LogP contribution >= 0.6 is 0 Å². The molecule has 0 bridgehead atoms. The van der Waals surface area contributed by atoms with Gasteiger partial charge in [-0.3, -0.25) is 14.4 Å². The number of amides is 3. The van der Waals surface area contributed by atoms with Gasteiger partial charge in [-0.15, -0.1) is 0 Å². The molecule has 9 heteroatoms. The summed E-state index contributed by atoms with van der Waals surface area (Å²) in [5, 5.41) is 2.58. The van der Waals surface area contributed by atoms with Crippen LogP contribution in [0, 0.1) is 5.92 Å². The van der Waals surface area contributed by atoms with Crippen molar-refractivity contribution in [2.45, 2.75) is 91.5 Å². The molecule has 3 atom stereocenters. The van der Waals surface area contributed by atoms with Crippen molar-refractivity contribution in [2.75, 3.05) is 13.2 Å². The first-order valence-corrected chi connectivity index (χ1v) is 13.9. The van der Waals surface area contributed by atoms with Crippen LogP contribution in [0.25, 0.3) is 6.08 Å². The van der Waals surface area contributed by atoms with Gasteiger partial charge in [-0.25, -0.2) is 20.3 Å². The number of ether oxygens (including phenoxy) is 1. The number of nitrogens with one attached hydrogen (secondary N) is 1. The van der Waals surface area contributed by atoms with E-state index in [1.807, 2.05) is 76.3 Å². The number of carbonyl (C=O) groups is 3. The average Bonchev–Trinajstić information content (AvgIpc) is 2.92. The zero-order valence-corrected chi connectivity index (χ0v) is 24.1. The summed E-state index contributed by atoms with van der Waals surface area (Å²) in [5.74, 6) is -1.06. The molecule has 1 heterocycles. The first kappa shape index (κ1) is 32.2. The van der Waals surface area contributed by atoms with E-state index in [0.717, 1.165) is 24.0 Å². The molecule has 0 radical (unpaired) electrons. The van der Waals surface area contributed by atoms with Crippen LogP contribution in [0.15, 0.2) is 48.1 Å². The third-order valence-corrected chi connectivity index (χ3v) is 6.26. The minimum absolute atomic E-state index is 0.106. The molecule has 1 unspecified atom stereocenters. The molecular formula is C30H46N4O5. The van der Waals surface area contributed by atoms with Gasteiger partial charge in [0.1, 0.15) is 6.04 Å². The summed E-state index contributed by atoms with van der Waals surface area (Å²) in [6, 6.07) is 7.74. The normalized spacial score (nSPS) is 16.9. The number of hydrogen-bond donors (Lipinski definition) is 2. The summed E-state index contributed by atoms with van der Waals surface area (Å²) in [4.78, 5) is 46.3. The lowest BCUT2D eigenvalue weighted by molar-refractivity contribution is -0.205. The lowest BCUT2D eigenvalue weighted by Gasteiger charge is -2.40. The van der Waals surface area contributed by atoms with E-state index in [0.29, 0.717) is 19.4 Å². The van der Waals surface area contributed by atoms with Crippen molar-refractivity contribution < 1.29 is 24.0 Å². The second kappa shape index (κ2) is 16.8. The lowest BCUT2D eigenvalue weighted by atomic mass is 10.1. The van der Waals surface area contributed by atoms with Crippen LogP contribution in [-0.4, -0.2) is 59.3 Å². The predicted octanol–water partition coefficient (Wildman–Crippen LogP) is 4.35. The lowest BCUT2D eigenvalue weighted by Crippen LogP contribution is -2.61. The first-order chi connectivity index (χ1) is 18.6. The summed E-state index contributed by atoms with van der Waals surface area (Å²) in [5.41, 5.74) is 10.4. The molecule has 1 aromatic rings. The Bertz CT molecular complexity index is 967. The molecule has 0 spiro atoms. The third kappa shape index (κ3) is 11.3. The van der Waals surface area contributed by atoms with Gasteiger partial charge in [-0.2, -0.15) is 0 Å². The maximum atomic E-state index is 13.7. The van der Waals surface area contributed by atoms with Gasteiger partial charge in [0.15, 0.2) is 6.29 Å². The molecule has 0 aliphatic carbocycles. The SMILES string of the molecule is CC(C)=CCN(C(=O)[C@@H](C)N)N(C(=O)CCC(C)C)[C@@H](CC=Cc1ccccc1)C(=O)NOC1CCCCO1. The van der Waals surface area contributed by atoms with Crippen LogP contribution in [0.1, 0.15) is 78.7 Å². The Hall–Kier alpha value is -3.01. The highest BCUT2D eigenvalue weighted by Gasteiger charge is 2.37. The number of allylic oxidation sites excluding steroid dienone is 1. The van der Waals surface area contributed by atoms with E-state index in [-0.39, 0.29) is 31.2 Å². The van der Waals surface area contributed by atoms with Gasteiger partial charge in [0.05, 0.1) is 12.6 Å². The Morgan fingerprint density at radius 2 is 1.87 bits per heavy atom. The van der Waals surface area contributed by atoms with Gasteiger partial charge in [-0.1, -0.05) is 68.0 Å². The molecule has 0 aromatic heterocycles. The van der Waals surface area contributed by atoms with E-state index in [1.165, 1.54) is 10.0 Å². The van der Waals surface area contributed by atoms with Gasteiger partial charge in [0.25, 0.3) is 11.8 Å². The highest BCUT2D eigenvalue weighted by atomic mass is 16.8. The van der Waals surface area contributed by atoms with E-state index in [1.54, 1.807) is 6.92 Å². The molecule has 1 aliphatic heterocycles. The molecule has 39 heavy (non-hydrogen) atoms. The number of nitrogens with zero attached hydrogens (tertiary/aromatic N) is 2.